The summed E-state index contributed by atoms with van der Waals surface area (Å²) in [6.07, 6.45) is 15.8. The predicted octanol–water partition coefficient (Wildman–Crippen LogP) is 6.55. The number of Topliss-reactive ketones (excluding diaryl/α,β-unsaturated/α-hetero) is 1. The number of aliphatic hydroxyl groups is 1. The third-order valence-corrected chi connectivity index (χ3v) is 10.4. The summed E-state index contributed by atoms with van der Waals surface area (Å²) in [5.74, 6) is 3.95. The molecule has 4 aliphatic carbocycles. The van der Waals surface area contributed by atoms with Gasteiger partial charge in [0.05, 0.1) is 5.60 Å². The Balaban J connectivity index is 1.62. The number of carbonyl (C=O) groups is 1. The molecule has 4 fully saturated rings. The number of ketones is 1. The molecule has 28 heavy (non-hydrogen) atoms. The number of carbonyl (C=O) groups excluding carboxylic acids is 1. The van der Waals surface area contributed by atoms with Gasteiger partial charge in [-0.25, -0.2) is 0 Å². The molecule has 0 aromatic heterocycles. The first-order chi connectivity index (χ1) is 13.3. The lowest BCUT2D eigenvalue weighted by Crippen LogP contribution is -2.57. The Kier molecular flexibility index (Phi) is 5.52. The van der Waals surface area contributed by atoms with E-state index < -0.39 is 0 Å². The fraction of sp³-hybridized carbons (Fsp3) is 0.962. The van der Waals surface area contributed by atoms with Gasteiger partial charge in [-0.3, -0.25) is 4.79 Å². The van der Waals surface area contributed by atoms with Crippen LogP contribution in [0.4, 0.5) is 0 Å². The van der Waals surface area contributed by atoms with Gasteiger partial charge in [-0.2, -0.15) is 0 Å². The highest BCUT2D eigenvalue weighted by Gasteiger charge is 2.62. The fourth-order valence-electron chi connectivity index (χ4n) is 9.45. The van der Waals surface area contributed by atoms with Gasteiger partial charge >= 0.3 is 0 Å². The number of rotatable bonds is 5. The van der Waals surface area contributed by atoms with Crippen LogP contribution in [0, 0.1) is 40.4 Å². The predicted molar refractivity (Wildman–Crippen MR) is 115 cm³/mol. The van der Waals surface area contributed by atoms with Crippen LogP contribution in [0.15, 0.2) is 0 Å². The van der Waals surface area contributed by atoms with E-state index in [1.807, 2.05) is 6.92 Å². The number of hydrogen-bond acceptors (Lipinski definition) is 2. The van der Waals surface area contributed by atoms with Crippen LogP contribution in [0.3, 0.4) is 0 Å². The van der Waals surface area contributed by atoms with E-state index >= 15 is 0 Å². The minimum absolute atomic E-state index is 0.269. The second-order valence-corrected chi connectivity index (χ2v) is 11.6. The van der Waals surface area contributed by atoms with Crippen LogP contribution in [0.1, 0.15) is 111 Å². The average Bonchev–Trinajstić information content (AvgIpc) is 3.00. The normalized spacial score (nSPS) is 50.5. The van der Waals surface area contributed by atoms with Crippen LogP contribution in [0.2, 0.25) is 0 Å². The first kappa shape index (κ1) is 20.9. The lowest BCUT2D eigenvalue weighted by molar-refractivity contribution is -0.164. The molecule has 0 bridgehead atoms. The molecule has 4 aliphatic rings. The SMILES string of the molecule is CCC[C@@]1(O)CC[C@@]2(CCC)[C@H](CC[C@H]3[C@@H]4CC[C@H](C(C)=O)[C@@]4(C)CC[C@@H]32)C1. The quantitative estimate of drug-likeness (QED) is 0.580. The van der Waals surface area contributed by atoms with E-state index in [2.05, 4.69) is 20.8 Å². The molecule has 0 radical (unpaired) electrons. The van der Waals surface area contributed by atoms with Crippen LogP contribution in [0.25, 0.3) is 0 Å². The molecular formula is C26H44O2. The van der Waals surface area contributed by atoms with Gasteiger partial charge in [0.2, 0.25) is 0 Å². The molecule has 2 heteroatoms. The van der Waals surface area contributed by atoms with Crippen LogP contribution < -0.4 is 0 Å². The number of fused-ring (bicyclic) bond motifs is 5. The van der Waals surface area contributed by atoms with Gasteiger partial charge in [0.1, 0.15) is 5.78 Å². The third kappa shape index (κ3) is 3.03. The van der Waals surface area contributed by atoms with Crippen LogP contribution in [-0.2, 0) is 4.79 Å². The largest absolute Gasteiger partial charge is 0.390 e. The monoisotopic (exact) mass is 388 g/mol. The van der Waals surface area contributed by atoms with Crippen LogP contribution in [-0.4, -0.2) is 16.5 Å². The third-order valence-electron chi connectivity index (χ3n) is 10.4. The van der Waals surface area contributed by atoms with Gasteiger partial charge in [-0.05, 0) is 112 Å². The van der Waals surface area contributed by atoms with E-state index in [0.29, 0.717) is 17.1 Å². The van der Waals surface area contributed by atoms with E-state index in [9.17, 15) is 9.90 Å². The van der Waals surface area contributed by atoms with Crippen molar-refractivity contribution in [3.05, 3.63) is 0 Å². The highest BCUT2D eigenvalue weighted by atomic mass is 16.3. The van der Waals surface area contributed by atoms with E-state index in [-0.39, 0.29) is 11.0 Å². The van der Waals surface area contributed by atoms with Crippen molar-refractivity contribution in [2.75, 3.05) is 0 Å². The van der Waals surface area contributed by atoms with Crippen molar-refractivity contribution < 1.29 is 9.90 Å². The Morgan fingerprint density at radius 2 is 1.68 bits per heavy atom. The van der Waals surface area contributed by atoms with Gasteiger partial charge in [-0.15, -0.1) is 0 Å². The van der Waals surface area contributed by atoms with Gasteiger partial charge in [-0.1, -0.05) is 33.6 Å². The summed E-state index contributed by atoms with van der Waals surface area (Å²) in [6, 6.07) is 0. The molecule has 0 aliphatic heterocycles. The smallest absolute Gasteiger partial charge is 0.133 e. The second-order valence-electron chi connectivity index (χ2n) is 11.6. The summed E-state index contributed by atoms with van der Waals surface area (Å²) < 4.78 is 0. The molecule has 0 aromatic rings. The Hall–Kier alpha value is -0.370. The van der Waals surface area contributed by atoms with Gasteiger partial charge in [0.25, 0.3) is 0 Å². The standard InChI is InChI=1S/C26H44O2/c1-5-12-25(28)15-16-26(13-6-2)19(17-25)7-8-20-22-10-9-21(18(3)27)24(22,4)14-11-23(20)26/h19-23,28H,5-17H2,1-4H3/t19-,20+,21-,22+,23+,24-,25-,26+/m1/s1. The summed E-state index contributed by atoms with van der Waals surface area (Å²) in [7, 11) is 0. The fourth-order valence-corrected chi connectivity index (χ4v) is 9.45. The molecule has 0 saturated heterocycles. The summed E-state index contributed by atoms with van der Waals surface area (Å²) in [5, 5.41) is 11.2. The molecule has 8 atom stereocenters. The summed E-state index contributed by atoms with van der Waals surface area (Å²) in [4.78, 5) is 12.4. The van der Waals surface area contributed by atoms with Crippen molar-refractivity contribution in [3.8, 4) is 0 Å². The van der Waals surface area contributed by atoms with E-state index in [1.165, 1.54) is 51.4 Å². The average molecular weight is 389 g/mol. The van der Waals surface area contributed by atoms with E-state index in [0.717, 1.165) is 55.8 Å². The zero-order valence-corrected chi connectivity index (χ0v) is 18.9. The molecule has 0 aromatic carbocycles. The Morgan fingerprint density at radius 1 is 0.929 bits per heavy atom. The summed E-state index contributed by atoms with van der Waals surface area (Å²) in [6.45, 7) is 8.90. The molecular weight excluding hydrogens is 344 g/mol. The molecule has 4 saturated carbocycles. The molecule has 160 valence electrons. The van der Waals surface area contributed by atoms with Crippen LogP contribution in [0.5, 0.6) is 0 Å². The second kappa shape index (κ2) is 7.40. The Morgan fingerprint density at radius 3 is 2.36 bits per heavy atom. The number of hydrogen-bond donors (Lipinski definition) is 1. The summed E-state index contributed by atoms with van der Waals surface area (Å²) in [5.41, 5.74) is 0.359. The topological polar surface area (TPSA) is 37.3 Å². The Labute approximate surface area is 173 Å². The van der Waals surface area contributed by atoms with Crippen molar-refractivity contribution in [1.82, 2.24) is 0 Å². The van der Waals surface area contributed by atoms with Crippen molar-refractivity contribution in [1.29, 1.82) is 0 Å². The minimum atomic E-state index is -0.389. The molecule has 0 unspecified atom stereocenters. The van der Waals surface area contributed by atoms with E-state index in [4.69, 9.17) is 0 Å². The molecule has 2 nitrogen and oxygen atoms in total. The highest BCUT2D eigenvalue weighted by molar-refractivity contribution is 5.79. The lowest BCUT2D eigenvalue weighted by Gasteiger charge is -2.63. The van der Waals surface area contributed by atoms with Gasteiger partial charge in [0, 0.05) is 5.92 Å². The molecule has 0 heterocycles. The first-order valence-corrected chi connectivity index (χ1v) is 12.5. The van der Waals surface area contributed by atoms with Crippen LogP contribution >= 0.6 is 0 Å². The summed E-state index contributed by atoms with van der Waals surface area (Å²) >= 11 is 0. The molecule has 1 N–H and O–H groups in total. The van der Waals surface area contributed by atoms with Crippen molar-refractivity contribution in [3.63, 3.8) is 0 Å². The first-order valence-electron chi connectivity index (χ1n) is 12.5. The minimum Gasteiger partial charge on any atom is -0.390 e. The molecule has 0 spiro atoms. The zero-order chi connectivity index (χ0) is 20.2. The zero-order valence-electron chi connectivity index (χ0n) is 18.9. The maximum absolute atomic E-state index is 12.4. The molecule has 4 rings (SSSR count). The van der Waals surface area contributed by atoms with Crippen molar-refractivity contribution >= 4 is 5.78 Å². The van der Waals surface area contributed by atoms with Crippen molar-refractivity contribution in [2.24, 2.45) is 40.4 Å². The van der Waals surface area contributed by atoms with Crippen molar-refractivity contribution in [2.45, 2.75) is 117 Å². The maximum Gasteiger partial charge on any atom is 0.133 e. The van der Waals surface area contributed by atoms with Gasteiger partial charge in [0.15, 0.2) is 0 Å². The Bertz CT molecular complexity index is 599. The lowest BCUT2D eigenvalue weighted by atomic mass is 9.42. The molecule has 0 amide bonds. The highest BCUT2D eigenvalue weighted by Crippen LogP contribution is 2.69. The maximum atomic E-state index is 12.4. The van der Waals surface area contributed by atoms with Gasteiger partial charge < -0.3 is 5.11 Å². The van der Waals surface area contributed by atoms with E-state index in [1.54, 1.807) is 0 Å².